The van der Waals surface area contributed by atoms with Gasteiger partial charge in [-0.25, -0.2) is 0 Å². The monoisotopic (exact) mass is 474 g/mol. The van der Waals surface area contributed by atoms with Crippen LogP contribution in [0.15, 0.2) is 54.6 Å². The van der Waals surface area contributed by atoms with Gasteiger partial charge in [0.15, 0.2) is 23.0 Å². The van der Waals surface area contributed by atoms with Gasteiger partial charge in [-0.3, -0.25) is 9.59 Å². The molecule has 5 rings (SSSR count). The zero-order valence-electron chi connectivity index (χ0n) is 19.6. The molecule has 0 fully saturated rings. The van der Waals surface area contributed by atoms with Crippen molar-refractivity contribution in [3.8, 4) is 23.0 Å². The van der Waals surface area contributed by atoms with Crippen molar-refractivity contribution in [3.63, 3.8) is 0 Å². The molecule has 0 saturated heterocycles. The molecular weight excluding hydrogens is 448 g/mol. The van der Waals surface area contributed by atoms with Gasteiger partial charge in [-0.1, -0.05) is 32.0 Å². The van der Waals surface area contributed by atoms with E-state index in [9.17, 15) is 9.59 Å². The first-order valence-electron chi connectivity index (χ1n) is 11.5. The first kappa shape index (κ1) is 22.6. The lowest BCUT2D eigenvalue weighted by molar-refractivity contribution is 0.0949. The SMILES string of the molecule is CC(C)c1ccc(C(=O)NCc2ccc3c(c2)OCO3)cc1C(=O)NCc1ccc2c(c1)OCO2. The lowest BCUT2D eigenvalue weighted by atomic mass is 9.94. The first-order valence-corrected chi connectivity index (χ1v) is 11.5. The van der Waals surface area contributed by atoms with E-state index in [2.05, 4.69) is 10.6 Å². The summed E-state index contributed by atoms with van der Waals surface area (Å²) >= 11 is 0. The summed E-state index contributed by atoms with van der Waals surface area (Å²) in [5.74, 6) is 2.34. The highest BCUT2D eigenvalue weighted by molar-refractivity contribution is 6.00. The van der Waals surface area contributed by atoms with Gasteiger partial charge in [0.05, 0.1) is 0 Å². The third-order valence-corrected chi connectivity index (χ3v) is 5.96. The third kappa shape index (κ3) is 4.87. The first-order chi connectivity index (χ1) is 17.0. The quantitative estimate of drug-likeness (QED) is 0.535. The highest BCUT2D eigenvalue weighted by Gasteiger charge is 2.19. The van der Waals surface area contributed by atoms with E-state index in [1.54, 1.807) is 12.1 Å². The Labute approximate surface area is 203 Å². The Morgan fingerprint density at radius 1 is 0.714 bits per heavy atom. The van der Waals surface area contributed by atoms with Gasteiger partial charge in [0.2, 0.25) is 13.6 Å². The summed E-state index contributed by atoms with van der Waals surface area (Å²) in [6.45, 7) is 5.09. The van der Waals surface area contributed by atoms with E-state index < -0.39 is 0 Å². The topological polar surface area (TPSA) is 95.1 Å². The van der Waals surface area contributed by atoms with Crippen molar-refractivity contribution in [1.82, 2.24) is 10.6 Å². The second-order valence-electron chi connectivity index (χ2n) is 8.70. The summed E-state index contributed by atoms with van der Waals surface area (Å²) in [5.41, 5.74) is 3.56. The van der Waals surface area contributed by atoms with Crippen molar-refractivity contribution in [2.75, 3.05) is 13.6 Å². The van der Waals surface area contributed by atoms with Gasteiger partial charge >= 0.3 is 0 Å². The molecule has 0 bridgehead atoms. The van der Waals surface area contributed by atoms with Gasteiger partial charge in [0.1, 0.15) is 0 Å². The summed E-state index contributed by atoms with van der Waals surface area (Å²) in [6.07, 6.45) is 0. The Balaban J connectivity index is 1.27. The minimum atomic E-state index is -0.261. The van der Waals surface area contributed by atoms with E-state index in [-0.39, 0.29) is 31.3 Å². The molecule has 180 valence electrons. The molecule has 2 aliphatic heterocycles. The molecule has 2 N–H and O–H groups in total. The number of ether oxygens (including phenoxy) is 4. The number of hydrogen-bond donors (Lipinski definition) is 2. The fourth-order valence-electron chi connectivity index (χ4n) is 4.06. The lowest BCUT2D eigenvalue weighted by Crippen LogP contribution is -2.26. The fourth-order valence-corrected chi connectivity index (χ4v) is 4.06. The second-order valence-corrected chi connectivity index (χ2v) is 8.70. The van der Waals surface area contributed by atoms with Crippen LogP contribution in [0.3, 0.4) is 0 Å². The van der Waals surface area contributed by atoms with Crippen LogP contribution in [0.2, 0.25) is 0 Å². The Kier molecular flexibility index (Phi) is 6.18. The zero-order chi connectivity index (χ0) is 24.4. The summed E-state index contributed by atoms with van der Waals surface area (Å²) in [6, 6.07) is 16.4. The van der Waals surface area contributed by atoms with Gasteiger partial charge < -0.3 is 29.6 Å². The molecule has 8 nitrogen and oxygen atoms in total. The number of rotatable bonds is 7. The lowest BCUT2D eigenvalue weighted by Gasteiger charge is -2.15. The predicted molar refractivity (Wildman–Crippen MR) is 128 cm³/mol. The molecule has 3 aromatic carbocycles. The Bertz CT molecular complexity index is 1290. The van der Waals surface area contributed by atoms with Gasteiger partial charge in [-0.15, -0.1) is 0 Å². The van der Waals surface area contributed by atoms with Crippen molar-refractivity contribution in [3.05, 3.63) is 82.4 Å². The van der Waals surface area contributed by atoms with Crippen molar-refractivity contribution in [1.29, 1.82) is 0 Å². The molecule has 0 aliphatic carbocycles. The van der Waals surface area contributed by atoms with Crippen LogP contribution in [0, 0.1) is 0 Å². The van der Waals surface area contributed by atoms with Crippen LogP contribution < -0.4 is 29.6 Å². The fraction of sp³-hybridized carbons (Fsp3) is 0.259. The maximum absolute atomic E-state index is 13.1. The molecule has 2 heterocycles. The van der Waals surface area contributed by atoms with Crippen molar-refractivity contribution in [2.45, 2.75) is 32.9 Å². The molecule has 2 amide bonds. The third-order valence-electron chi connectivity index (χ3n) is 5.96. The number of fused-ring (bicyclic) bond motifs is 2. The van der Waals surface area contributed by atoms with Crippen LogP contribution in [0.1, 0.15) is 57.2 Å². The summed E-state index contributed by atoms with van der Waals surface area (Å²) in [7, 11) is 0. The van der Waals surface area contributed by atoms with Crippen molar-refractivity contribution < 1.29 is 28.5 Å². The van der Waals surface area contributed by atoms with E-state index in [0.29, 0.717) is 47.2 Å². The highest BCUT2D eigenvalue weighted by atomic mass is 16.7. The minimum absolute atomic E-state index is 0.118. The molecule has 0 unspecified atom stereocenters. The van der Waals surface area contributed by atoms with Crippen LogP contribution in [-0.2, 0) is 13.1 Å². The number of benzene rings is 3. The number of amides is 2. The van der Waals surface area contributed by atoms with E-state index in [0.717, 1.165) is 16.7 Å². The average Bonchev–Trinajstić information content (AvgIpc) is 3.54. The molecule has 0 spiro atoms. The highest BCUT2D eigenvalue weighted by Crippen LogP contribution is 2.33. The van der Waals surface area contributed by atoms with Crippen LogP contribution >= 0.6 is 0 Å². The maximum Gasteiger partial charge on any atom is 0.251 e. The van der Waals surface area contributed by atoms with Crippen molar-refractivity contribution in [2.24, 2.45) is 0 Å². The molecule has 0 aromatic heterocycles. The van der Waals surface area contributed by atoms with Crippen LogP contribution in [0.4, 0.5) is 0 Å². The molecule has 0 atom stereocenters. The molecule has 8 heteroatoms. The molecule has 3 aromatic rings. The van der Waals surface area contributed by atoms with Crippen molar-refractivity contribution >= 4 is 11.8 Å². The zero-order valence-corrected chi connectivity index (χ0v) is 19.6. The minimum Gasteiger partial charge on any atom is -0.454 e. The molecule has 0 saturated carbocycles. The number of carbonyl (C=O) groups is 2. The van der Waals surface area contributed by atoms with Crippen LogP contribution in [-0.4, -0.2) is 25.4 Å². The van der Waals surface area contributed by atoms with E-state index in [4.69, 9.17) is 18.9 Å². The van der Waals surface area contributed by atoms with Crippen LogP contribution in [0.5, 0.6) is 23.0 Å². The van der Waals surface area contributed by atoms with Gasteiger partial charge in [0, 0.05) is 24.2 Å². The largest absolute Gasteiger partial charge is 0.454 e. The summed E-state index contributed by atoms with van der Waals surface area (Å²) < 4.78 is 21.5. The molecule has 2 aliphatic rings. The average molecular weight is 475 g/mol. The van der Waals surface area contributed by atoms with Gasteiger partial charge in [0.25, 0.3) is 11.8 Å². The number of hydrogen-bond acceptors (Lipinski definition) is 6. The van der Waals surface area contributed by atoms with Gasteiger partial charge in [-0.05, 0) is 59.0 Å². The predicted octanol–water partition coefficient (Wildman–Crippen LogP) is 4.13. The number of nitrogens with one attached hydrogen (secondary N) is 2. The van der Waals surface area contributed by atoms with E-state index >= 15 is 0 Å². The van der Waals surface area contributed by atoms with Crippen LogP contribution in [0.25, 0.3) is 0 Å². The summed E-state index contributed by atoms with van der Waals surface area (Å²) in [5, 5.41) is 5.87. The Morgan fingerprint density at radius 3 is 1.83 bits per heavy atom. The molecule has 35 heavy (non-hydrogen) atoms. The standard InChI is InChI=1S/C27H26N2O6/c1-16(2)20-6-5-19(26(30)28-12-17-3-7-22-24(9-17)34-14-32-22)11-21(20)27(31)29-13-18-4-8-23-25(10-18)35-15-33-23/h3-11,16H,12-15H2,1-2H3,(H,28,30)(H,29,31). The normalized spacial score (nSPS) is 13.1. The smallest absolute Gasteiger partial charge is 0.251 e. The van der Waals surface area contributed by atoms with Gasteiger partial charge in [-0.2, -0.15) is 0 Å². The maximum atomic E-state index is 13.1. The van der Waals surface area contributed by atoms with E-state index in [1.807, 2.05) is 56.3 Å². The second kappa shape index (κ2) is 9.58. The molecule has 0 radical (unpaired) electrons. The van der Waals surface area contributed by atoms with E-state index in [1.165, 1.54) is 0 Å². The Morgan fingerprint density at radius 2 is 1.26 bits per heavy atom. The summed E-state index contributed by atoms with van der Waals surface area (Å²) in [4.78, 5) is 26.0. The Hall–Kier alpha value is -4.20. The molecular formula is C27H26N2O6. The number of carbonyl (C=O) groups excluding carboxylic acids is 2.